The molecule has 1 saturated heterocycles. The lowest BCUT2D eigenvalue weighted by Crippen LogP contribution is -2.57. The fraction of sp³-hybridized carbons (Fsp3) is 0.500. The third kappa shape index (κ3) is 2.91. The van der Waals surface area contributed by atoms with Crippen LogP contribution in [0.1, 0.15) is 30.8 Å². The summed E-state index contributed by atoms with van der Waals surface area (Å²) in [7, 11) is 1.51. The second-order valence-electron chi connectivity index (χ2n) is 6.22. The number of amides is 2. The number of ether oxygens (including phenoxy) is 1. The number of hydrogen-bond acceptors (Lipinski definition) is 5. The SMILES string of the molecule is COc1ccc2ncc(C(=O)N3CCNC(=O)[C@@H]3CC(C)C)n2n1. The second-order valence-corrected chi connectivity index (χ2v) is 6.22. The number of rotatable bonds is 4. The Kier molecular flexibility index (Phi) is 4.37. The van der Waals surface area contributed by atoms with Gasteiger partial charge in [0, 0.05) is 19.2 Å². The van der Waals surface area contributed by atoms with Gasteiger partial charge in [-0.25, -0.2) is 9.50 Å². The number of nitrogens with zero attached hydrogens (tertiary/aromatic N) is 4. The van der Waals surface area contributed by atoms with E-state index in [4.69, 9.17) is 4.74 Å². The summed E-state index contributed by atoms with van der Waals surface area (Å²) in [6.45, 7) is 4.99. The van der Waals surface area contributed by atoms with Crippen LogP contribution in [0.3, 0.4) is 0 Å². The summed E-state index contributed by atoms with van der Waals surface area (Å²) in [5.41, 5.74) is 0.883. The summed E-state index contributed by atoms with van der Waals surface area (Å²) in [4.78, 5) is 31.1. The van der Waals surface area contributed by atoms with Gasteiger partial charge >= 0.3 is 0 Å². The fourth-order valence-electron chi connectivity index (χ4n) is 2.90. The third-order valence-corrected chi connectivity index (χ3v) is 4.05. The van der Waals surface area contributed by atoms with E-state index >= 15 is 0 Å². The number of piperazine rings is 1. The summed E-state index contributed by atoms with van der Waals surface area (Å²) < 4.78 is 6.57. The number of carbonyl (C=O) groups excluding carboxylic acids is 2. The predicted octanol–water partition coefficient (Wildman–Crippen LogP) is 0.725. The molecule has 0 unspecified atom stereocenters. The van der Waals surface area contributed by atoms with Gasteiger partial charge in [-0.2, -0.15) is 0 Å². The molecule has 128 valence electrons. The van der Waals surface area contributed by atoms with Crippen LogP contribution in [0.15, 0.2) is 18.3 Å². The molecule has 0 aromatic carbocycles. The van der Waals surface area contributed by atoms with Gasteiger partial charge < -0.3 is 15.0 Å². The van der Waals surface area contributed by atoms with E-state index in [-0.39, 0.29) is 11.8 Å². The van der Waals surface area contributed by atoms with Gasteiger partial charge in [0.25, 0.3) is 5.91 Å². The molecule has 0 bridgehead atoms. The molecule has 0 spiro atoms. The molecule has 2 aromatic heterocycles. The molecule has 0 radical (unpaired) electrons. The number of carbonyl (C=O) groups is 2. The van der Waals surface area contributed by atoms with Crippen molar-refractivity contribution in [3.63, 3.8) is 0 Å². The number of imidazole rings is 1. The van der Waals surface area contributed by atoms with Gasteiger partial charge in [-0.05, 0) is 18.4 Å². The van der Waals surface area contributed by atoms with Crippen LogP contribution in [0.5, 0.6) is 5.88 Å². The molecule has 2 aromatic rings. The topological polar surface area (TPSA) is 88.8 Å². The first-order valence-corrected chi connectivity index (χ1v) is 7.98. The zero-order chi connectivity index (χ0) is 17.3. The average molecular weight is 331 g/mol. The Morgan fingerprint density at radius 2 is 2.25 bits per heavy atom. The summed E-state index contributed by atoms with van der Waals surface area (Å²) in [5.74, 6) is 0.339. The Morgan fingerprint density at radius 1 is 1.46 bits per heavy atom. The van der Waals surface area contributed by atoms with Gasteiger partial charge in [0.05, 0.1) is 13.3 Å². The molecular formula is C16H21N5O3. The molecule has 8 nitrogen and oxygen atoms in total. The number of nitrogens with one attached hydrogen (secondary N) is 1. The minimum atomic E-state index is -0.470. The quantitative estimate of drug-likeness (QED) is 0.892. The molecule has 1 atom stereocenters. The lowest BCUT2D eigenvalue weighted by Gasteiger charge is -2.35. The van der Waals surface area contributed by atoms with E-state index in [9.17, 15) is 9.59 Å². The zero-order valence-electron chi connectivity index (χ0n) is 14.0. The Labute approximate surface area is 139 Å². The summed E-state index contributed by atoms with van der Waals surface area (Å²) in [6, 6.07) is 2.95. The van der Waals surface area contributed by atoms with Crippen LogP contribution in [-0.4, -0.2) is 57.6 Å². The fourth-order valence-corrected chi connectivity index (χ4v) is 2.90. The molecule has 0 saturated carbocycles. The maximum atomic E-state index is 13.0. The van der Waals surface area contributed by atoms with E-state index in [0.29, 0.717) is 42.6 Å². The first kappa shape index (κ1) is 16.2. The first-order chi connectivity index (χ1) is 11.5. The zero-order valence-corrected chi connectivity index (χ0v) is 14.0. The Morgan fingerprint density at radius 3 is 2.96 bits per heavy atom. The van der Waals surface area contributed by atoms with Crippen LogP contribution in [0.4, 0.5) is 0 Å². The molecule has 1 aliphatic heterocycles. The van der Waals surface area contributed by atoms with Crippen molar-refractivity contribution in [2.45, 2.75) is 26.3 Å². The van der Waals surface area contributed by atoms with Crippen LogP contribution < -0.4 is 10.1 Å². The highest BCUT2D eigenvalue weighted by molar-refractivity contribution is 5.97. The lowest BCUT2D eigenvalue weighted by atomic mass is 10.00. The van der Waals surface area contributed by atoms with E-state index in [0.717, 1.165) is 0 Å². The van der Waals surface area contributed by atoms with Crippen LogP contribution in [0.2, 0.25) is 0 Å². The van der Waals surface area contributed by atoms with E-state index in [1.807, 2.05) is 13.8 Å². The Balaban J connectivity index is 1.96. The van der Waals surface area contributed by atoms with E-state index < -0.39 is 6.04 Å². The van der Waals surface area contributed by atoms with E-state index in [1.165, 1.54) is 17.8 Å². The molecule has 3 heterocycles. The van der Waals surface area contributed by atoms with Crippen LogP contribution in [-0.2, 0) is 4.79 Å². The average Bonchev–Trinajstić information content (AvgIpc) is 2.98. The van der Waals surface area contributed by atoms with Crippen molar-refractivity contribution in [3.8, 4) is 5.88 Å². The number of hydrogen-bond donors (Lipinski definition) is 1. The van der Waals surface area contributed by atoms with Gasteiger partial charge in [0.15, 0.2) is 11.3 Å². The molecule has 24 heavy (non-hydrogen) atoms. The van der Waals surface area contributed by atoms with Crippen molar-refractivity contribution >= 4 is 17.5 Å². The Bertz CT molecular complexity index is 770. The van der Waals surface area contributed by atoms with Gasteiger partial charge in [0.1, 0.15) is 6.04 Å². The van der Waals surface area contributed by atoms with Gasteiger partial charge in [0.2, 0.25) is 11.8 Å². The highest BCUT2D eigenvalue weighted by atomic mass is 16.5. The molecule has 2 amide bonds. The first-order valence-electron chi connectivity index (χ1n) is 7.98. The highest BCUT2D eigenvalue weighted by Gasteiger charge is 2.35. The third-order valence-electron chi connectivity index (χ3n) is 4.05. The van der Waals surface area contributed by atoms with Crippen molar-refractivity contribution in [2.24, 2.45) is 5.92 Å². The van der Waals surface area contributed by atoms with Crippen molar-refractivity contribution in [3.05, 3.63) is 24.0 Å². The van der Waals surface area contributed by atoms with Crippen LogP contribution in [0, 0.1) is 5.92 Å². The number of methoxy groups -OCH3 is 1. The maximum Gasteiger partial charge on any atom is 0.274 e. The smallest absolute Gasteiger partial charge is 0.274 e. The summed E-state index contributed by atoms with van der Waals surface area (Å²) >= 11 is 0. The molecule has 1 fully saturated rings. The molecular weight excluding hydrogens is 310 g/mol. The standard InChI is InChI=1S/C16H21N5O3/c1-10(2)8-11-15(22)17-6-7-20(11)16(23)12-9-18-13-4-5-14(24-3)19-21(12)13/h4-5,9-11H,6-8H2,1-3H3,(H,17,22)/t11-/m0/s1. The van der Waals surface area contributed by atoms with Crippen LogP contribution >= 0.6 is 0 Å². The van der Waals surface area contributed by atoms with Gasteiger partial charge in [-0.3, -0.25) is 9.59 Å². The van der Waals surface area contributed by atoms with Gasteiger partial charge in [-0.1, -0.05) is 13.8 Å². The predicted molar refractivity (Wildman–Crippen MR) is 86.8 cm³/mol. The second kappa shape index (κ2) is 6.46. The largest absolute Gasteiger partial charge is 0.480 e. The molecule has 8 heteroatoms. The summed E-state index contributed by atoms with van der Waals surface area (Å²) in [5, 5.41) is 7.09. The lowest BCUT2D eigenvalue weighted by molar-refractivity contribution is -0.128. The van der Waals surface area contributed by atoms with E-state index in [2.05, 4.69) is 15.4 Å². The number of fused-ring (bicyclic) bond motifs is 1. The maximum absolute atomic E-state index is 13.0. The van der Waals surface area contributed by atoms with Crippen molar-refractivity contribution in [1.82, 2.24) is 24.8 Å². The number of aromatic nitrogens is 3. The molecule has 1 N–H and O–H groups in total. The van der Waals surface area contributed by atoms with Crippen molar-refractivity contribution in [1.29, 1.82) is 0 Å². The van der Waals surface area contributed by atoms with Crippen molar-refractivity contribution in [2.75, 3.05) is 20.2 Å². The van der Waals surface area contributed by atoms with Gasteiger partial charge in [-0.15, -0.1) is 5.10 Å². The van der Waals surface area contributed by atoms with Crippen LogP contribution in [0.25, 0.3) is 5.65 Å². The molecule has 0 aliphatic carbocycles. The molecule has 1 aliphatic rings. The minimum Gasteiger partial charge on any atom is -0.480 e. The highest BCUT2D eigenvalue weighted by Crippen LogP contribution is 2.19. The van der Waals surface area contributed by atoms with E-state index in [1.54, 1.807) is 17.0 Å². The monoisotopic (exact) mass is 331 g/mol. The minimum absolute atomic E-state index is 0.109. The normalized spacial score (nSPS) is 18.1. The summed E-state index contributed by atoms with van der Waals surface area (Å²) in [6.07, 6.45) is 2.11. The molecule has 3 rings (SSSR count). The Hall–Kier alpha value is -2.64. The van der Waals surface area contributed by atoms with Crippen molar-refractivity contribution < 1.29 is 14.3 Å².